The van der Waals surface area contributed by atoms with E-state index in [1.54, 1.807) is 18.2 Å². The van der Waals surface area contributed by atoms with Gasteiger partial charge in [-0.2, -0.15) is 0 Å². The number of ether oxygens (including phenoxy) is 2. The molecule has 1 heterocycles. The number of rotatable bonds is 2. The summed E-state index contributed by atoms with van der Waals surface area (Å²) in [5, 5.41) is 10.6. The molecule has 0 bridgehead atoms. The van der Waals surface area contributed by atoms with E-state index in [2.05, 4.69) is 4.74 Å². The highest BCUT2D eigenvalue weighted by Gasteiger charge is 2.44. The number of benzene rings is 2. The smallest absolute Gasteiger partial charge is 0.489 e. The maximum Gasteiger partial charge on any atom is 0.573 e. The number of halogens is 3. The van der Waals surface area contributed by atoms with Crippen molar-refractivity contribution in [3.8, 4) is 11.5 Å². The minimum Gasteiger partial charge on any atom is -0.489 e. The van der Waals surface area contributed by atoms with E-state index < -0.39 is 23.5 Å². The first kappa shape index (κ1) is 15.4. The molecule has 1 aliphatic heterocycles. The Morgan fingerprint density at radius 2 is 1.74 bits per heavy atom. The number of ketones is 1. The molecule has 0 radical (unpaired) electrons. The molecule has 0 aromatic heterocycles. The summed E-state index contributed by atoms with van der Waals surface area (Å²) in [6.07, 6.45) is -4.80. The lowest BCUT2D eigenvalue weighted by Gasteiger charge is -2.32. The largest absolute Gasteiger partial charge is 0.573 e. The molecule has 1 aliphatic rings. The number of carbonyl (C=O) groups excluding carboxylic acids is 1. The van der Waals surface area contributed by atoms with Crippen molar-refractivity contribution in [3.63, 3.8) is 0 Å². The number of carbonyl (C=O) groups is 1. The fourth-order valence-electron chi connectivity index (χ4n) is 2.40. The molecule has 3 rings (SSSR count). The molecule has 1 atom stereocenters. The quantitative estimate of drug-likeness (QED) is 0.922. The maximum atomic E-state index is 12.5. The Hall–Kier alpha value is -2.54. The van der Waals surface area contributed by atoms with Crippen LogP contribution in [0, 0.1) is 0 Å². The van der Waals surface area contributed by atoms with Crippen molar-refractivity contribution in [2.75, 3.05) is 6.61 Å². The second kappa shape index (κ2) is 5.27. The lowest BCUT2D eigenvalue weighted by Crippen LogP contribution is -2.44. The van der Waals surface area contributed by atoms with Crippen molar-refractivity contribution in [3.05, 3.63) is 59.7 Å². The molecule has 7 heteroatoms. The minimum atomic E-state index is -4.80. The van der Waals surface area contributed by atoms with Crippen molar-refractivity contribution in [1.29, 1.82) is 0 Å². The van der Waals surface area contributed by atoms with Crippen molar-refractivity contribution >= 4 is 5.78 Å². The van der Waals surface area contributed by atoms with E-state index in [0.717, 1.165) is 12.1 Å². The zero-order chi connectivity index (χ0) is 16.7. The zero-order valence-electron chi connectivity index (χ0n) is 11.6. The van der Waals surface area contributed by atoms with Gasteiger partial charge in [0.15, 0.2) is 5.60 Å². The first-order valence-electron chi connectivity index (χ1n) is 6.65. The standard InChI is InChI=1S/C16H11F3O4/c17-16(18,19)23-11-7-5-10(6-8-11)15(21)9-22-13-4-2-1-3-12(13)14(15)20/h1-8,21H,9H2/t15-/m1/s1. The molecule has 0 aliphatic carbocycles. The van der Waals surface area contributed by atoms with Gasteiger partial charge in [0.2, 0.25) is 5.78 Å². The molecule has 23 heavy (non-hydrogen) atoms. The van der Waals surface area contributed by atoms with Crippen LogP contribution in [0.15, 0.2) is 48.5 Å². The van der Waals surface area contributed by atoms with E-state index in [4.69, 9.17) is 4.74 Å². The van der Waals surface area contributed by atoms with E-state index in [9.17, 15) is 23.1 Å². The molecule has 0 spiro atoms. The number of hydrogen-bond acceptors (Lipinski definition) is 4. The molecule has 0 unspecified atom stereocenters. The van der Waals surface area contributed by atoms with Gasteiger partial charge in [0.05, 0.1) is 5.56 Å². The Balaban J connectivity index is 1.91. The van der Waals surface area contributed by atoms with Crippen LogP contribution in [0.5, 0.6) is 11.5 Å². The van der Waals surface area contributed by atoms with Crippen LogP contribution in [-0.2, 0) is 5.60 Å². The third-order valence-electron chi connectivity index (χ3n) is 3.51. The Morgan fingerprint density at radius 1 is 1.09 bits per heavy atom. The number of Topliss-reactive ketones (excluding diaryl/α,β-unsaturated/α-hetero) is 1. The average Bonchev–Trinajstić information content (AvgIpc) is 2.50. The summed E-state index contributed by atoms with van der Waals surface area (Å²) in [7, 11) is 0. The summed E-state index contributed by atoms with van der Waals surface area (Å²) < 4.78 is 45.6. The molecule has 2 aromatic rings. The Kier molecular flexibility index (Phi) is 3.52. The van der Waals surface area contributed by atoms with Gasteiger partial charge >= 0.3 is 6.36 Å². The molecule has 0 saturated carbocycles. The molecule has 0 fully saturated rings. The molecule has 0 amide bonds. The third-order valence-corrected chi connectivity index (χ3v) is 3.51. The van der Waals surface area contributed by atoms with Crippen LogP contribution in [0.1, 0.15) is 15.9 Å². The highest BCUT2D eigenvalue weighted by atomic mass is 19.4. The zero-order valence-corrected chi connectivity index (χ0v) is 11.6. The normalized spacial score (nSPS) is 20.6. The Morgan fingerprint density at radius 3 is 2.39 bits per heavy atom. The number of hydrogen-bond donors (Lipinski definition) is 1. The van der Waals surface area contributed by atoms with Gasteiger partial charge in [-0.05, 0) is 29.8 Å². The van der Waals surface area contributed by atoms with Gasteiger partial charge in [-0.15, -0.1) is 13.2 Å². The number of para-hydroxylation sites is 1. The molecule has 0 saturated heterocycles. The Bertz CT molecular complexity index is 740. The van der Waals surface area contributed by atoms with Crippen LogP contribution in [0.4, 0.5) is 13.2 Å². The van der Waals surface area contributed by atoms with E-state index in [1.165, 1.54) is 18.2 Å². The maximum absolute atomic E-state index is 12.5. The van der Waals surface area contributed by atoms with Gasteiger partial charge in [0.1, 0.15) is 18.1 Å². The summed E-state index contributed by atoms with van der Waals surface area (Å²) in [6, 6.07) is 10.9. The summed E-state index contributed by atoms with van der Waals surface area (Å²) in [5.74, 6) is -0.641. The molecule has 1 N–H and O–H groups in total. The predicted molar refractivity (Wildman–Crippen MR) is 73.3 cm³/mol. The van der Waals surface area contributed by atoms with Crippen molar-refractivity contribution < 1.29 is 32.5 Å². The lowest BCUT2D eigenvalue weighted by molar-refractivity contribution is -0.274. The van der Waals surface area contributed by atoms with Crippen LogP contribution >= 0.6 is 0 Å². The molecular formula is C16H11F3O4. The molecule has 120 valence electrons. The number of alkyl halides is 3. The van der Waals surface area contributed by atoms with Crippen molar-refractivity contribution in [2.24, 2.45) is 0 Å². The Labute approximate surface area is 129 Å². The SMILES string of the molecule is O=C1c2ccccc2OC[C@@]1(O)c1ccc(OC(F)(F)F)cc1. The topological polar surface area (TPSA) is 55.8 Å². The van der Waals surface area contributed by atoms with Crippen LogP contribution in [-0.4, -0.2) is 23.9 Å². The monoisotopic (exact) mass is 324 g/mol. The van der Waals surface area contributed by atoms with E-state index in [1.807, 2.05) is 0 Å². The fraction of sp³-hybridized carbons (Fsp3) is 0.188. The summed E-state index contributed by atoms with van der Waals surface area (Å²) in [4.78, 5) is 12.5. The second-order valence-corrected chi connectivity index (χ2v) is 5.05. The van der Waals surface area contributed by atoms with Crippen molar-refractivity contribution in [2.45, 2.75) is 12.0 Å². The van der Waals surface area contributed by atoms with Gasteiger partial charge in [-0.1, -0.05) is 24.3 Å². The predicted octanol–water partition coefficient (Wildman–Crippen LogP) is 3.05. The van der Waals surface area contributed by atoms with Gasteiger partial charge in [0.25, 0.3) is 0 Å². The highest BCUT2D eigenvalue weighted by molar-refractivity contribution is 6.06. The lowest BCUT2D eigenvalue weighted by atomic mass is 9.84. The van der Waals surface area contributed by atoms with Crippen molar-refractivity contribution in [1.82, 2.24) is 0 Å². The number of aliphatic hydroxyl groups is 1. The first-order valence-corrected chi connectivity index (χ1v) is 6.65. The van der Waals surface area contributed by atoms with E-state index >= 15 is 0 Å². The van der Waals surface area contributed by atoms with Crippen LogP contribution < -0.4 is 9.47 Å². The van der Waals surface area contributed by atoms with Crippen LogP contribution in [0.2, 0.25) is 0 Å². The number of fused-ring (bicyclic) bond motifs is 1. The van der Waals surface area contributed by atoms with Crippen LogP contribution in [0.3, 0.4) is 0 Å². The second-order valence-electron chi connectivity index (χ2n) is 5.05. The van der Waals surface area contributed by atoms with Crippen LogP contribution in [0.25, 0.3) is 0 Å². The van der Waals surface area contributed by atoms with E-state index in [0.29, 0.717) is 5.75 Å². The van der Waals surface area contributed by atoms with Gasteiger partial charge in [0, 0.05) is 0 Å². The summed E-state index contributed by atoms with van der Waals surface area (Å²) in [6.45, 7) is -0.317. The fourth-order valence-corrected chi connectivity index (χ4v) is 2.40. The summed E-state index contributed by atoms with van der Waals surface area (Å²) in [5.41, 5.74) is -1.60. The molecule has 4 nitrogen and oxygen atoms in total. The first-order chi connectivity index (χ1) is 10.8. The minimum absolute atomic E-state index is 0.131. The molecule has 2 aromatic carbocycles. The van der Waals surface area contributed by atoms with Gasteiger partial charge in [-0.25, -0.2) is 0 Å². The highest BCUT2D eigenvalue weighted by Crippen LogP contribution is 2.36. The average molecular weight is 324 g/mol. The van der Waals surface area contributed by atoms with Gasteiger partial charge < -0.3 is 14.6 Å². The third kappa shape index (κ3) is 2.87. The van der Waals surface area contributed by atoms with E-state index in [-0.39, 0.29) is 17.7 Å². The summed E-state index contributed by atoms with van der Waals surface area (Å²) >= 11 is 0. The van der Waals surface area contributed by atoms with Gasteiger partial charge in [-0.3, -0.25) is 4.79 Å². The molecular weight excluding hydrogens is 313 g/mol.